The van der Waals surface area contributed by atoms with Gasteiger partial charge in [0.15, 0.2) is 0 Å². The first-order valence-corrected chi connectivity index (χ1v) is 20.8. The van der Waals surface area contributed by atoms with Gasteiger partial charge < -0.3 is 23.3 Å². The average molecular weight is 779 g/mol. The van der Waals surface area contributed by atoms with Gasteiger partial charge in [0, 0.05) is 18.5 Å². The highest BCUT2D eigenvalue weighted by Crippen LogP contribution is 2.49. The fourth-order valence-electron chi connectivity index (χ4n) is 8.06. The van der Waals surface area contributed by atoms with Crippen LogP contribution < -0.4 is 9.47 Å². The molecule has 0 saturated carbocycles. The van der Waals surface area contributed by atoms with Crippen LogP contribution >= 0.6 is 8.53 Å². The maximum Gasteiger partial charge on any atom is 0.259 e. The largest absolute Gasteiger partial charge is 0.497 e. The van der Waals surface area contributed by atoms with Gasteiger partial charge in [-0.2, -0.15) is 5.26 Å². The maximum atomic E-state index is 9.48. The second-order valence-electron chi connectivity index (χ2n) is 14.9. The number of methoxy groups -OCH3 is 2. The predicted octanol–water partition coefficient (Wildman–Crippen LogP) is 11.8. The number of nitriles is 1. The van der Waals surface area contributed by atoms with Crippen LogP contribution in [0.15, 0.2) is 133 Å². The van der Waals surface area contributed by atoms with Gasteiger partial charge in [-0.3, -0.25) is 0 Å². The zero-order valence-electron chi connectivity index (χ0n) is 33.6. The third-order valence-corrected chi connectivity index (χ3v) is 12.8. The molecule has 2 atom stereocenters. The minimum atomic E-state index is -1.59. The Morgan fingerprint density at radius 2 is 1.18 bits per heavy atom. The molecule has 0 radical (unpaired) electrons. The average Bonchev–Trinajstić information content (AvgIpc) is 3.24. The van der Waals surface area contributed by atoms with E-state index in [4.69, 9.17) is 23.3 Å². The van der Waals surface area contributed by atoms with E-state index in [2.05, 4.69) is 129 Å². The van der Waals surface area contributed by atoms with E-state index in [-0.39, 0.29) is 31.7 Å². The lowest BCUT2D eigenvalue weighted by atomic mass is 9.80. The van der Waals surface area contributed by atoms with E-state index in [0.29, 0.717) is 6.42 Å². The second kappa shape index (κ2) is 18.0. The number of rotatable bonds is 18. The molecule has 0 aliphatic carbocycles. The van der Waals surface area contributed by atoms with Gasteiger partial charge in [0.2, 0.25) is 0 Å². The van der Waals surface area contributed by atoms with Crippen molar-refractivity contribution in [2.45, 2.75) is 64.3 Å². The van der Waals surface area contributed by atoms with Crippen molar-refractivity contribution in [2.24, 2.45) is 0 Å². The van der Waals surface area contributed by atoms with Gasteiger partial charge in [-0.1, -0.05) is 109 Å². The summed E-state index contributed by atoms with van der Waals surface area (Å²) < 4.78 is 34.7. The Balaban J connectivity index is 1.37. The zero-order chi connectivity index (χ0) is 39.9. The molecule has 0 aliphatic heterocycles. The first-order valence-electron chi connectivity index (χ1n) is 19.7. The molecular formula is C49H51N2O5P. The van der Waals surface area contributed by atoms with Gasteiger partial charge in [0.1, 0.15) is 17.1 Å². The number of hydrogen-bond acceptors (Lipinski definition) is 7. The molecule has 0 amide bonds. The third-order valence-electron chi connectivity index (χ3n) is 10.6. The summed E-state index contributed by atoms with van der Waals surface area (Å²) in [5, 5.41) is 16.9. The molecule has 0 N–H and O–H groups in total. The van der Waals surface area contributed by atoms with Crippen molar-refractivity contribution in [2.75, 3.05) is 27.4 Å². The third kappa shape index (κ3) is 8.34. The van der Waals surface area contributed by atoms with E-state index >= 15 is 0 Å². The molecule has 57 heavy (non-hydrogen) atoms. The molecule has 0 heterocycles. The van der Waals surface area contributed by atoms with Crippen LogP contribution in [-0.2, 0) is 25.8 Å². The van der Waals surface area contributed by atoms with E-state index in [1.807, 2.05) is 42.5 Å². The molecular weight excluding hydrogens is 728 g/mol. The molecule has 0 spiro atoms. The Bertz CT molecular complexity index is 2340. The van der Waals surface area contributed by atoms with Gasteiger partial charge in [0.25, 0.3) is 8.53 Å². The van der Waals surface area contributed by atoms with Crippen molar-refractivity contribution < 1.29 is 23.3 Å². The van der Waals surface area contributed by atoms with Crippen molar-refractivity contribution in [3.63, 3.8) is 0 Å². The van der Waals surface area contributed by atoms with Crippen LogP contribution in [0.2, 0.25) is 0 Å². The highest BCUT2D eigenvalue weighted by molar-refractivity contribution is 7.44. The molecule has 0 aliphatic rings. The highest BCUT2D eigenvalue weighted by atomic mass is 31.2. The summed E-state index contributed by atoms with van der Waals surface area (Å²) >= 11 is 0. The molecule has 0 aromatic heterocycles. The van der Waals surface area contributed by atoms with Crippen molar-refractivity contribution in [3.8, 4) is 17.6 Å². The minimum absolute atomic E-state index is 0.135. The Morgan fingerprint density at radius 1 is 0.632 bits per heavy atom. The van der Waals surface area contributed by atoms with Crippen LogP contribution in [0.1, 0.15) is 56.4 Å². The fraction of sp³-hybridized carbons (Fsp3) is 0.286. The summed E-state index contributed by atoms with van der Waals surface area (Å²) in [6.07, 6.45) is 0.389. The monoisotopic (exact) mass is 778 g/mol. The molecule has 7 nitrogen and oxygen atoms in total. The summed E-state index contributed by atoms with van der Waals surface area (Å²) in [7, 11) is 1.76. The number of benzene rings is 7. The van der Waals surface area contributed by atoms with Crippen molar-refractivity contribution >= 4 is 40.8 Å². The molecule has 0 saturated heterocycles. The van der Waals surface area contributed by atoms with Crippen LogP contribution in [0.4, 0.5) is 0 Å². The van der Waals surface area contributed by atoms with Crippen LogP contribution in [-0.4, -0.2) is 50.3 Å². The Labute approximate surface area is 338 Å². The Morgan fingerprint density at radius 3 is 1.74 bits per heavy atom. The first kappa shape index (κ1) is 40.1. The Hall–Kier alpha value is -5.06. The van der Waals surface area contributed by atoms with Crippen LogP contribution in [0.3, 0.4) is 0 Å². The van der Waals surface area contributed by atoms with Gasteiger partial charge in [-0.15, -0.1) is 0 Å². The zero-order valence-corrected chi connectivity index (χ0v) is 34.5. The lowest BCUT2D eigenvalue weighted by Crippen LogP contribution is -2.38. The molecule has 1 unspecified atom stereocenters. The topological polar surface area (TPSA) is 73.2 Å². The minimum Gasteiger partial charge on any atom is -0.497 e. The van der Waals surface area contributed by atoms with Crippen LogP contribution in [0, 0.1) is 11.3 Å². The molecule has 7 aromatic rings. The summed E-state index contributed by atoms with van der Waals surface area (Å²) in [6, 6.07) is 48.9. The van der Waals surface area contributed by atoms with Crippen molar-refractivity contribution in [3.05, 3.63) is 156 Å². The normalized spacial score (nSPS) is 13.2. The SMILES string of the molecule is COc1ccc(C(OC[C@H](Cc2ccc3ccc4cccc5ccc2c3c45)OP(OCCC#N)N(C(C)C)C(C)C)(c2ccccc2)c2ccc(OC)cc2)cc1. The number of ether oxygens (including phenoxy) is 3. The number of hydrogen-bond donors (Lipinski definition) is 0. The maximum absolute atomic E-state index is 9.48. The fourth-order valence-corrected chi connectivity index (χ4v) is 9.75. The molecule has 0 fully saturated rings. The van der Waals surface area contributed by atoms with Gasteiger partial charge in [0.05, 0.1) is 46.0 Å². The summed E-state index contributed by atoms with van der Waals surface area (Å²) in [6.45, 7) is 9.13. The van der Waals surface area contributed by atoms with E-state index in [1.165, 1.54) is 37.9 Å². The summed E-state index contributed by atoms with van der Waals surface area (Å²) in [5.74, 6) is 1.52. The second-order valence-corrected chi connectivity index (χ2v) is 16.3. The lowest BCUT2D eigenvalue weighted by Gasteiger charge is -2.40. The molecule has 0 bridgehead atoms. The van der Waals surface area contributed by atoms with Gasteiger partial charge in [-0.05, 0) is 107 Å². The lowest BCUT2D eigenvalue weighted by molar-refractivity contribution is -0.0339. The smallest absolute Gasteiger partial charge is 0.259 e. The quantitative estimate of drug-likeness (QED) is 0.0372. The van der Waals surface area contributed by atoms with Crippen LogP contribution in [0.5, 0.6) is 11.5 Å². The number of nitrogens with zero attached hydrogens (tertiary/aromatic N) is 2. The predicted molar refractivity (Wildman–Crippen MR) is 232 cm³/mol. The summed E-state index contributed by atoms with van der Waals surface area (Å²) in [4.78, 5) is 0. The van der Waals surface area contributed by atoms with E-state index < -0.39 is 20.2 Å². The van der Waals surface area contributed by atoms with E-state index in [1.54, 1.807) is 14.2 Å². The van der Waals surface area contributed by atoms with Crippen molar-refractivity contribution in [1.82, 2.24) is 4.67 Å². The molecule has 292 valence electrons. The standard InChI is InChI=1S/C49H51N2O5P/c1-34(2)51(35(3)4)57(55-31-11-30-50)56-45(32-39-19-18-38-17-16-36-12-10-13-37-20-29-46(39)48(38)47(36)37)33-54-49(40-14-8-7-9-15-40,41-21-25-43(52-5)26-22-41)42-23-27-44(53-6)28-24-42/h7-10,12-29,34-35,45H,11,31-33H2,1-6H3/t45-,57?/m0/s1. The van der Waals surface area contributed by atoms with E-state index in [0.717, 1.165) is 28.2 Å². The molecule has 7 aromatic carbocycles. The first-order chi connectivity index (χ1) is 27.8. The molecule has 8 heteroatoms. The Kier molecular flexibility index (Phi) is 12.7. The molecule has 7 rings (SSSR count). The van der Waals surface area contributed by atoms with E-state index in [9.17, 15) is 5.26 Å². The van der Waals surface area contributed by atoms with Gasteiger partial charge in [-0.25, -0.2) is 4.67 Å². The van der Waals surface area contributed by atoms with Crippen LogP contribution in [0.25, 0.3) is 32.3 Å². The summed E-state index contributed by atoms with van der Waals surface area (Å²) in [5.41, 5.74) is 2.99. The highest BCUT2D eigenvalue weighted by Gasteiger charge is 2.40. The van der Waals surface area contributed by atoms with Gasteiger partial charge >= 0.3 is 0 Å². The van der Waals surface area contributed by atoms with Crippen molar-refractivity contribution in [1.29, 1.82) is 5.26 Å².